The van der Waals surface area contributed by atoms with E-state index in [1.807, 2.05) is 24.3 Å². The molecule has 0 aliphatic carbocycles. The van der Waals surface area contributed by atoms with E-state index in [0.717, 1.165) is 24.2 Å². The molecule has 0 unspecified atom stereocenters. The first-order chi connectivity index (χ1) is 14.0. The van der Waals surface area contributed by atoms with Crippen LogP contribution >= 0.6 is 0 Å². The highest BCUT2D eigenvalue weighted by Gasteiger charge is 2.21. The lowest BCUT2D eigenvalue weighted by molar-refractivity contribution is -0.384. The van der Waals surface area contributed by atoms with Crippen molar-refractivity contribution in [1.82, 2.24) is 10.6 Å². The van der Waals surface area contributed by atoms with E-state index >= 15 is 0 Å². The van der Waals surface area contributed by atoms with Crippen LogP contribution in [0.3, 0.4) is 0 Å². The molecule has 29 heavy (non-hydrogen) atoms. The highest BCUT2D eigenvalue weighted by molar-refractivity contribution is 5.95. The lowest BCUT2D eigenvalue weighted by Crippen LogP contribution is -2.37. The van der Waals surface area contributed by atoms with Gasteiger partial charge in [-0.3, -0.25) is 14.9 Å². The van der Waals surface area contributed by atoms with Crippen molar-refractivity contribution in [3.05, 3.63) is 64.2 Å². The molecule has 0 saturated carbocycles. The molecule has 9 nitrogen and oxygen atoms in total. The summed E-state index contributed by atoms with van der Waals surface area (Å²) in [5.41, 5.74) is 2.21. The van der Waals surface area contributed by atoms with Crippen LogP contribution in [-0.4, -0.2) is 36.5 Å². The normalized spacial score (nSPS) is 13.2. The van der Waals surface area contributed by atoms with Gasteiger partial charge in [0.1, 0.15) is 5.69 Å². The second-order valence-corrected chi connectivity index (χ2v) is 6.63. The smallest absolute Gasteiger partial charge is 0.315 e. The number of carbonyl (C=O) groups is 2. The van der Waals surface area contributed by atoms with Crippen molar-refractivity contribution in [3.63, 3.8) is 0 Å². The number of nitro groups is 1. The van der Waals surface area contributed by atoms with E-state index in [9.17, 15) is 19.7 Å². The summed E-state index contributed by atoms with van der Waals surface area (Å²) < 4.78 is 0. The lowest BCUT2D eigenvalue weighted by Gasteiger charge is -2.16. The first-order valence-electron chi connectivity index (χ1n) is 9.43. The minimum Gasteiger partial charge on any atom is -0.378 e. The summed E-state index contributed by atoms with van der Waals surface area (Å²) >= 11 is 0. The van der Waals surface area contributed by atoms with E-state index in [1.54, 1.807) is 23.1 Å². The molecule has 1 aliphatic heterocycles. The van der Waals surface area contributed by atoms with E-state index in [-0.39, 0.29) is 17.6 Å². The molecule has 0 spiro atoms. The zero-order valence-corrected chi connectivity index (χ0v) is 15.9. The molecule has 0 atom stereocenters. The largest absolute Gasteiger partial charge is 0.378 e. The number of nitro benzene ring substituents is 1. The molecule has 0 bridgehead atoms. The second kappa shape index (κ2) is 9.54. The van der Waals surface area contributed by atoms with Crippen molar-refractivity contribution in [1.29, 1.82) is 0 Å². The Bertz CT molecular complexity index is 885. The fraction of sp³-hybridized carbons (Fsp3) is 0.300. The molecule has 3 amide bonds. The number of carbonyl (C=O) groups excluding carboxylic acids is 2. The van der Waals surface area contributed by atoms with Crippen molar-refractivity contribution >= 4 is 29.0 Å². The van der Waals surface area contributed by atoms with E-state index < -0.39 is 4.92 Å². The van der Waals surface area contributed by atoms with Gasteiger partial charge in [-0.25, -0.2) is 4.79 Å². The molecule has 2 aromatic carbocycles. The van der Waals surface area contributed by atoms with E-state index in [4.69, 9.17) is 0 Å². The minimum absolute atomic E-state index is 0.00368. The third kappa shape index (κ3) is 5.44. The van der Waals surface area contributed by atoms with Crippen LogP contribution in [0.15, 0.2) is 48.5 Å². The van der Waals surface area contributed by atoms with Crippen LogP contribution in [0.5, 0.6) is 0 Å². The predicted molar refractivity (Wildman–Crippen MR) is 110 cm³/mol. The highest BCUT2D eigenvalue weighted by Crippen LogP contribution is 2.23. The molecule has 152 valence electrons. The molecule has 0 radical (unpaired) electrons. The van der Waals surface area contributed by atoms with Gasteiger partial charge in [-0.15, -0.1) is 0 Å². The van der Waals surface area contributed by atoms with Gasteiger partial charge < -0.3 is 20.9 Å². The molecule has 2 aromatic rings. The fourth-order valence-electron chi connectivity index (χ4n) is 3.12. The van der Waals surface area contributed by atoms with Gasteiger partial charge in [0.05, 0.1) is 4.92 Å². The Kier molecular flexibility index (Phi) is 6.62. The number of para-hydroxylation sites is 2. The van der Waals surface area contributed by atoms with Gasteiger partial charge in [-0.1, -0.05) is 24.3 Å². The Morgan fingerprint density at radius 2 is 1.83 bits per heavy atom. The quantitative estimate of drug-likeness (QED) is 0.360. The number of benzene rings is 2. The number of nitrogens with one attached hydrogen (secondary N) is 3. The topological polar surface area (TPSA) is 117 Å². The molecule has 1 aliphatic rings. The van der Waals surface area contributed by atoms with Gasteiger partial charge in [-0.05, 0) is 30.2 Å². The van der Waals surface area contributed by atoms with Crippen LogP contribution in [0.4, 0.5) is 21.9 Å². The first kappa shape index (κ1) is 20.1. The summed E-state index contributed by atoms with van der Waals surface area (Å²) in [5, 5.41) is 19.4. The first-order valence-corrected chi connectivity index (χ1v) is 9.43. The molecular weight excluding hydrogens is 374 g/mol. The van der Waals surface area contributed by atoms with Gasteiger partial charge in [0, 0.05) is 44.4 Å². The Morgan fingerprint density at radius 3 is 2.52 bits per heavy atom. The molecule has 1 saturated heterocycles. The van der Waals surface area contributed by atoms with Gasteiger partial charge >= 0.3 is 6.03 Å². The summed E-state index contributed by atoms with van der Waals surface area (Å²) in [6.45, 7) is 1.78. The number of hydrogen-bond donors (Lipinski definition) is 3. The van der Waals surface area contributed by atoms with Crippen molar-refractivity contribution in [3.8, 4) is 0 Å². The maximum Gasteiger partial charge on any atom is 0.315 e. The number of anilines is 2. The summed E-state index contributed by atoms with van der Waals surface area (Å²) in [5.74, 6) is 0.143. The van der Waals surface area contributed by atoms with Crippen LogP contribution in [-0.2, 0) is 11.3 Å². The standard InChI is InChI=1S/C20H23N5O4/c26-19-6-3-13-24(19)16-9-7-15(8-10-16)14-23-20(27)22-12-11-21-17-4-1-2-5-18(17)25(28)29/h1-2,4-5,7-10,21H,3,6,11-14H2,(H2,22,23,27). The van der Waals surface area contributed by atoms with Crippen LogP contribution in [0, 0.1) is 10.1 Å². The summed E-state index contributed by atoms with van der Waals surface area (Å²) in [6, 6.07) is 13.6. The van der Waals surface area contributed by atoms with Crippen molar-refractivity contribution in [2.75, 3.05) is 29.9 Å². The Morgan fingerprint density at radius 1 is 1.07 bits per heavy atom. The van der Waals surface area contributed by atoms with Crippen LogP contribution < -0.4 is 20.9 Å². The van der Waals surface area contributed by atoms with E-state index in [1.165, 1.54) is 6.07 Å². The zero-order valence-electron chi connectivity index (χ0n) is 15.9. The van der Waals surface area contributed by atoms with Gasteiger partial charge in [0.2, 0.25) is 5.91 Å². The van der Waals surface area contributed by atoms with Crippen LogP contribution in [0.2, 0.25) is 0 Å². The van der Waals surface area contributed by atoms with Crippen LogP contribution in [0.25, 0.3) is 0 Å². The zero-order chi connectivity index (χ0) is 20.6. The second-order valence-electron chi connectivity index (χ2n) is 6.63. The van der Waals surface area contributed by atoms with Crippen molar-refractivity contribution in [2.24, 2.45) is 0 Å². The maximum absolute atomic E-state index is 11.9. The average Bonchev–Trinajstić information content (AvgIpc) is 3.16. The fourth-order valence-corrected chi connectivity index (χ4v) is 3.12. The number of nitrogens with zero attached hydrogens (tertiary/aromatic N) is 2. The summed E-state index contributed by atoms with van der Waals surface area (Å²) in [6.07, 6.45) is 1.48. The van der Waals surface area contributed by atoms with Crippen molar-refractivity contribution < 1.29 is 14.5 Å². The average molecular weight is 397 g/mol. The number of rotatable bonds is 8. The lowest BCUT2D eigenvalue weighted by atomic mass is 10.2. The Labute approximate surface area is 168 Å². The number of hydrogen-bond acceptors (Lipinski definition) is 5. The van der Waals surface area contributed by atoms with Gasteiger partial charge in [-0.2, -0.15) is 0 Å². The monoisotopic (exact) mass is 397 g/mol. The SMILES string of the molecule is O=C(NCCNc1ccccc1[N+](=O)[O-])NCc1ccc(N2CCCC2=O)cc1. The summed E-state index contributed by atoms with van der Waals surface area (Å²) in [7, 11) is 0. The highest BCUT2D eigenvalue weighted by atomic mass is 16.6. The molecule has 9 heteroatoms. The van der Waals surface area contributed by atoms with Crippen molar-refractivity contribution in [2.45, 2.75) is 19.4 Å². The molecule has 1 fully saturated rings. The third-order valence-corrected chi connectivity index (χ3v) is 4.60. The van der Waals surface area contributed by atoms with E-state index in [0.29, 0.717) is 31.7 Å². The third-order valence-electron chi connectivity index (χ3n) is 4.60. The number of amides is 3. The van der Waals surface area contributed by atoms with Gasteiger partial charge in [0.15, 0.2) is 0 Å². The Balaban J connectivity index is 1.38. The molecule has 3 rings (SSSR count). The molecule has 1 heterocycles. The van der Waals surface area contributed by atoms with E-state index in [2.05, 4.69) is 16.0 Å². The Hall–Kier alpha value is -3.62. The molecular formula is C20H23N5O4. The van der Waals surface area contributed by atoms with Crippen LogP contribution in [0.1, 0.15) is 18.4 Å². The minimum atomic E-state index is -0.451. The maximum atomic E-state index is 11.9. The number of urea groups is 1. The predicted octanol–water partition coefficient (Wildman–Crippen LogP) is 2.63. The van der Waals surface area contributed by atoms with Gasteiger partial charge in [0.25, 0.3) is 5.69 Å². The molecule has 3 N–H and O–H groups in total. The summed E-state index contributed by atoms with van der Waals surface area (Å²) in [4.78, 5) is 36.0. The molecule has 0 aromatic heterocycles.